The third kappa shape index (κ3) is 5.48. The van der Waals surface area contributed by atoms with Crippen LogP contribution in [0.25, 0.3) is 0 Å². The summed E-state index contributed by atoms with van der Waals surface area (Å²) in [4.78, 5) is 29.8. The summed E-state index contributed by atoms with van der Waals surface area (Å²) >= 11 is 1.68. The van der Waals surface area contributed by atoms with Crippen molar-refractivity contribution in [1.29, 1.82) is 0 Å². The molecule has 0 bridgehead atoms. The number of fused-ring (bicyclic) bond motifs is 1. The summed E-state index contributed by atoms with van der Waals surface area (Å²) in [5.41, 5.74) is 2.06. The van der Waals surface area contributed by atoms with Crippen molar-refractivity contribution in [3.8, 4) is 5.75 Å². The van der Waals surface area contributed by atoms with Gasteiger partial charge in [-0.15, -0.1) is 11.3 Å². The molecule has 2 aromatic rings. The average Bonchev–Trinajstić information content (AvgIpc) is 3.16. The average molecular weight is 441 g/mol. The van der Waals surface area contributed by atoms with Crippen LogP contribution in [0.3, 0.4) is 0 Å². The van der Waals surface area contributed by atoms with Crippen LogP contribution in [0.2, 0.25) is 0 Å². The van der Waals surface area contributed by atoms with Gasteiger partial charge in [0.15, 0.2) is 0 Å². The first kappa shape index (κ1) is 21.9. The van der Waals surface area contributed by atoms with Gasteiger partial charge in [0.2, 0.25) is 0 Å². The molecule has 0 spiro atoms. The number of likely N-dealkylation sites (tertiary alicyclic amines) is 1. The van der Waals surface area contributed by atoms with E-state index in [-0.39, 0.29) is 17.9 Å². The Morgan fingerprint density at radius 1 is 1.06 bits per heavy atom. The van der Waals surface area contributed by atoms with Crippen molar-refractivity contribution < 1.29 is 14.3 Å². The van der Waals surface area contributed by atoms with E-state index < -0.39 is 0 Å². The number of hydrogen-bond acceptors (Lipinski definition) is 4. The number of amides is 2. The van der Waals surface area contributed by atoms with Gasteiger partial charge in [0.05, 0.1) is 11.5 Å². The molecule has 4 rings (SSSR count). The molecule has 0 radical (unpaired) electrons. The van der Waals surface area contributed by atoms with Crippen LogP contribution < -0.4 is 10.1 Å². The van der Waals surface area contributed by atoms with E-state index in [2.05, 4.69) is 11.4 Å². The standard InChI is InChI=1S/C25H32N2O3S/c1-2-30-21-11-9-18(10-12-21)25(29)27-15-13-20(14-16-27)26-24(28)23-17-19-7-5-3-4-6-8-22(19)31-23/h9-12,17,20H,2-8,13-16H2,1H3,(H,26,28). The Kier molecular flexibility index (Phi) is 7.28. The molecule has 2 heterocycles. The lowest BCUT2D eigenvalue weighted by Crippen LogP contribution is -2.46. The van der Waals surface area contributed by atoms with Crippen LogP contribution >= 0.6 is 11.3 Å². The number of nitrogens with one attached hydrogen (secondary N) is 1. The first-order valence-electron chi connectivity index (χ1n) is 11.6. The predicted molar refractivity (Wildman–Crippen MR) is 124 cm³/mol. The fourth-order valence-corrected chi connectivity index (χ4v) is 5.64. The molecule has 0 atom stereocenters. The lowest BCUT2D eigenvalue weighted by molar-refractivity contribution is 0.0698. The molecule has 1 saturated heterocycles. The van der Waals surface area contributed by atoms with Crippen molar-refractivity contribution in [2.45, 2.75) is 64.3 Å². The molecule has 31 heavy (non-hydrogen) atoms. The predicted octanol–water partition coefficient (Wildman–Crippen LogP) is 4.84. The van der Waals surface area contributed by atoms with Crippen LogP contribution in [0.5, 0.6) is 5.75 Å². The largest absolute Gasteiger partial charge is 0.494 e. The number of hydrogen-bond donors (Lipinski definition) is 1. The summed E-state index contributed by atoms with van der Waals surface area (Å²) in [7, 11) is 0. The van der Waals surface area contributed by atoms with Gasteiger partial charge < -0.3 is 15.0 Å². The minimum absolute atomic E-state index is 0.0471. The number of carbonyl (C=O) groups is 2. The summed E-state index contributed by atoms with van der Waals surface area (Å²) in [5.74, 6) is 0.876. The van der Waals surface area contributed by atoms with Gasteiger partial charge in [-0.1, -0.05) is 12.8 Å². The molecular weight excluding hydrogens is 408 g/mol. The highest BCUT2D eigenvalue weighted by atomic mass is 32.1. The maximum Gasteiger partial charge on any atom is 0.261 e. The van der Waals surface area contributed by atoms with Crippen molar-refractivity contribution in [2.24, 2.45) is 0 Å². The zero-order valence-electron chi connectivity index (χ0n) is 18.3. The minimum atomic E-state index is 0.0471. The topological polar surface area (TPSA) is 58.6 Å². The lowest BCUT2D eigenvalue weighted by Gasteiger charge is -2.32. The van der Waals surface area contributed by atoms with Gasteiger partial charge in [-0.05, 0) is 81.3 Å². The van der Waals surface area contributed by atoms with Crippen molar-refractivity contribution in [1.82, 2.24) is 10.2 Å². The monoisotopic (exact) mass is 440 g/mol. The molecule has 1 aromatic carbocycles. The smallest absolute Gasteiger partial charge is 0.261 e. The Morgan fingerprint density at radius 3 is 2.48 bits per heavy atom. The van der Waals surface area contributed by atoms with Gasteiger partial charge >= 0.3 is 0 Å². The molecule has 1 fully saturated rings. The van der Waals surface area contributed by atoms with Gasteiger partial charge in [-0.2, -0.15) is 0 Å². The second-order valence-corrected chi connectivity index (χ2v) is 9.61. The van der Waals surface area contributed by atoms with E-state index in [0.717, 1.165) is 36.3 Å². The van der Waals surface area contributed by atoms with E-state index in [1.807, 2.05) is 36.1 Å². The Labute approximate surface area is 188 Å². The number of thiophene rings is 1. The van der Waals surface area contributed by atoms with E-state index in [4.69, 9.17) is 4.74 Å². The molecule has 1 N–H and O–H groups in total. The fourth-order valence-electron chi connectivity index (χ4n) is 4.48. The summed E-state index contributed by atoms with van der Waals surface area (Å²) in [5, 5.41) is 3.21. The number of ether oxygens (including phenoxy) is 1. The quantitative estimate of drug-likeness (QED) is 0.724. The lowest BCUT2D eigenvalue weighted by atomic mass is 9.99. The molecule has 166 valence electrons. The van der Waals surface area contributed by atoms with Gasteiger partial charge in [0.1, 0.15) is 5.75 Å². The molecule has 2 aliphatic rings. The summed E-state index contributed by atoms with van der Waals surface area (Å²) in [6.45, 7) is 3.88. The summed E-state index contributed by atoms with van der Waals surface area (Å²) in [6.07, 6.45) is 8.85. The second-order valence-electron chi connectivity index (χ2n) is 8.47. The van der Waals surface area contributed by atoms with Gasteiger partial charge in [0, 0.05) is 29.6 Å². The van der Waals surface area contributed by atoms with Crippen molar-refractivity contribution in [3.63, 3.8) is 0 Å². The third-order valence-corrected chi connectivity index (χ3v) is 7.49. The number of piperidine rings is 1. The van der Waals surface area contributed by atoms with Gasteiger partial charge in [-0.25, -0.2) is 0 Å². The molecule has 1 aromatic heterocycles. The number of carbonyl (C=O) groups excluding carboxylic acids is 2. The van der Waals surface area contributed by atoms with Crippen LogP contribution in [0.1, 0.15) is 75.9 Å². The SMILES string of the molecule is CCOc1ccc(C(=O)N2CCC(NC(=O)c3cc4c(s3)CCCCCC4)CC2)cc1. The molecule has 1 aliphatic carbocycles. The molecule has 2 amide bonds. The number of aryl methyl sites for hydroxylation is 2. The van der Waals surface area contributed by atoms with Gasteiger partial charge in [-0.3, -0.25) is 9.59 Å². The van der Waals surface area contributed by atoms with E-state index in [1.54, 1.807) is 11.3 Å². The minimum Gasteiger partial charge on any atom is -0.494 e. The van der Waals surface area contributed by atoms with E-state index in [1.165, 1.54) is 36.1 Å². The zero-order valence-corrected chi connectivity index (χ0v) is 19.1. The second kappa shape index (κ2) is 10.3. The molecule has 6 heteroatoms. The highest BCUT2D eigenvalue weighted by Gasteiger charge is 2.26. The number of nitrogens with zero attached hydrogens (tertiary/aromatic N) is 1. The Hall–Kier alpha value is -2.34. The Morgan fingerprint density at radius 2 is 1.77 bits per heavy atom. The van der Waals surface area contributed by atoms with Crippen LogP contribution in [-0.2, 0) is 12.8 Å². The van der Waals surface area contributed by atoms with Gasteiger partial charge in [0.25, 0.3) is 11.8 Å². The van der Waals surface area contributed by atoms with E-state index >= 15 is 0 Å². The first-order chi connectivity index (χ1) is 15.1. The first-order valence-corrected chi connectivity index (χ1v) is 12.4. The third-order valence-electron chi connectivity index (χ3n) is 6.25. The zero-order chi connectivity index (χ0) is 21.6. The maximum atomic E-state index is 12.8. The highest BCUT2D eigenvalue weighted by molar-refractivity contribution is 7.14. The number of rotatable bonds is 5. The fraction of sp³-hybridized carbons (Fsp3) is 0.520. The van der Waals surface area contributed by atoms with Crippen LogP contribution in [0.4, 0.5) is 0 Å². The van der Waals surface area contributed by atoms with Crippen molar-refractivity contribution >= 4 is 23.2 Å². The Balaban J connectivity index is 1.29. The van der Waals surface area contributed by atoms with Crippen molar-refractivity contribution in [3.05, 3.63) is 51.2 Å². The highest BCUT2D eigenvalue weighted by Crippen LogP contribution is 2.29. The summed E-state index contributed by atoms with van der Waals surface area (Å²) < 4.78 is 5.45. The Bertz CT molecular complexity index is 872. The molecular formula is C25H32N2O3S. The molecule has 0 saturated carbocycles. The number of benzene rings is 1. The van der Waals surface area contributed by atoms with Crippen LogP contribution in [0.15, 0.2) is 30.3 Å². The van der Waals surface area contributed by atoms with E-state index in [0.29, 0.717) is 25.3 Å². The normalized spacial score (nSPS) is 17.4. The molecule has 5 nitrogen and oxygen atoms in total. The maximum absolute atomic E-state index is 12.8. The summed E-state index contributed by atoms with van der Waals surface area (Å²) in [6, 6.07) is 9.57. The van der Waals surface area contributed by atoms with Crippen molar-refractivity contribution in [2.75, 3.05) is 19.7 Å². The van der Waals surface area contributed by atoms with Crippen LogP contribution in [0, 0.1) is 0 Å². The molecule has 1 aliphatic heterocycles. The van der Waals surface area contributed by atoms with E-state index in [9.17, 15) is 9.59 Å². The van der Waals surface area contributed by atoms with Crippen LogP contribution in [-0.4, -0.2) is 42.5 Å². The molecule has 0 unspecified atom stereocenters.